The predicted octanol–water partition coefficient (Wildman–Crippen LogP) is 3.75. The van der Waals surface area contributed by atoms with Crippen LogP contribution in [0, 0.1) is 0 Å². The van der Waals surface area contributed by atoms with E-state index in [-0.39, 0.29) is 0 Å². The second kappa shape index (κ2) is 6.25. The molecule has 0 radical (unpaired) electrons. The molecule has 0 amide bonds. The van der Waals surface area contributed by atoms with E-state index in [1.54, 1.807) is 0 Å². The fraction of sp³-hybridized carbons (Fsp3) is 0.417. The van der Waals surface area contributed by atoms with Crippen molar-refractivity contribution >= 4 is 48.8 Å². The molecule has 92 valence electrons. The molecular weight excluding hydrogens is 364 g/mol. The van der Waals surface area contributed by atoms with Gasteiger partial charge in [-0.2, -0.15) is 0 Å². The van der Waals surface area contributed by atoms with Crippen LogP contribution in [0.5, 0.6) is 0 Å². The van der Waals surface area contributed by atoms with E-state index >= 15 is 0 Å². The molecule has 1 aliphatic heterocycles. The Balaban J connectivity index is 1.98. The fourth-order valence-corrected chi connectivity index (χ4v) is 3.56. The lowest BCUT2D eigenvalue weighted by Gasteiger charge is -2.19. The largest absolute Gasteiger partial charge is 0.350 e. The minimum absolute atomic E-state index is 0.590. The number of amidine groups is 1. The molecule has 1 unspecified atom stereocenters. The van der Waals surface area contributed by atoms with Gasteiger partial charge in [0.1, 0.15) is 0 Å². The van der Waals surface area contributed by atoms with E-state index < -0.39 is 0 Å². The summed E-state index contributed by atoms with van der Waals surface area (Å²) in [6.07, 6.45) is 0. The Bertz CT molecular complexity index is 423. The Labute approximate surface area is 123 Å². The zero-order valence-corrected chi connectivity index (χ0v) is 13.6. The van der Waals surface area contributed by atoms with Crippen LogP contribution >= 0.6 is 43.6 Å². The molecule has 17 heavy (non-hydrogen) atoms. The number of halogens is 2. The zero-order chi connectivity index (χ0) is 12.3. The number of benzene rings is 1. The molecule has 0 N–H and O–H groups in total. The minimum atomic E-state index is 0.590. The van der Waals surface area contributed by atoms with Gasteiger partial charge in [0.25, 0.3) is 0 Å². The van der Waals surface area contributed by atoms with Crippen LogP contribution in [-0.4, -0.2) is 34.2 Å². The smallest absolute Gasteiger partial charge is 0.159 e. The van der Waals surface area contributed by atoms with E-state index in [0.717, 1.165) is 28.1 Å². The van der Waals surface area contributed by atoms with Crippen LogP contribution in [-0.2, 0) is 6.54 Å². The van der Waals surface area contributed by atoms with Gasteiger partial charge in [-0.3, -0.25) is 4.99 Å². The topological polar surface area (TPSA) is 15.6 Å². The van der Waals surface area contributed by atoms with E-state index in [1.165, 1.54) is 5.56 Å². The van der Waals surface area contributed by atoms with Gasteiger partial charge in [-0.25, -0.2) is 0 Å². The summed E-state index contributed by atoms with van der Waals surface area (Å²) in [5.41, 5.74) is 1.29. The molecule has 0 fully saturated rings. The third kappa shape index (κ3) is 3.48. The fourth-order valence-electron chi connectivity index (χ4n) is 1.64. The Morgan fingerprint density at radius 1 is 1.47 bits per heavy atom. The van der Waals surface area contributed by atoms with Crippen LogP contribution in [0.15, 0.2) is 33.7 Å². The van der Waals surface area contributed by atoms with Gasteiger partial charge >= 0.3 is 0 Å². The Morgan fingerprint density at radius 2 is 2.24 bits per heavy atom. The minimum Gasteiger partial charge on any atom is -0.350 e. The first-order valence-corrected chi connectivity index (χ1v) is 8.21. The van der Waals surface area contributed by atoms with Crippen LogP contribution in [0.3, 0.4) is 0 Å². The Hall–Kier alpha value is -0.000000000000000111. The average molecular weight is 378 g/mol. The van der Waals surface area contributed by atoms with Gasteiger partial charge < -0.3 is 4.90 Å². The van der Waals surface area contributed by atoms with Crippen molar-refractivity contribution in [2.75, 3.05) is 18.9 Å². The first-order chi connectivity index (χ1) is 8.20. The number of rotatable bonds is 3. The summed E-state index contributed by atoms with van der Waals surface area (Å²) in [5, 5.41) is 2.74. The van der Waals surface area contributed by atoms with Gasteiger partial charge in [0.2, 0.25) is 0 Å². The quantitative estimate of drug-likeness (QED) is 0.745. The molecule has 2 nitrogen and oxygen atoms in total. The van der Waals surface area contributed by atoms with Crippen LogP contribution in [0.2, 0.25) is 0 Å². The highest BCUT2D eigenvalue weighted by molar-refractivity contribution is 9.10. The van der Waals surface area contributed by atoms with E-state index in [2.05, 4.69) is 67.0 Å². The first kappa shape index (κ1) is 13.4. The van der Waals surface area contributed by atoms with E-state index in [4.69, 9.17) is 0 Å². The van der Waals surface area contributed by atoms with E-state index in [9.17, 15) is 0 Å². The average Bonchev–Trinajstić information content (AvgIpc) is 2.81. The monoisotopic (exact) mass is 376 g/mol. The molecule has 0 saturated heterocycles. The number of aliphatic imine (C=N–C) groups is 1. The Morgan fingerprint density at radius 3 is 2.88 bits per heavy atom. The van der Waals surface area contributed by atoms with Gasteiger partial charge in [0.15, 0.2) is 5.17 Å². The number of hydrogen-bond donors (Lipinski definition) is 0. The summed E-state index contributed by atoms with van der Waals surface area (Å²) in [6, 6.07) is 8.33. The summed E-state index contributed by atoms with van der Waals surface area (Å²) in [5.74, 6) is 0. The maximum absolute atomic E-state index is 4.57. The summed E-state index contributed by atoms with van der Waals surface area (Å²) in [6.45, 7) is 1.81. The van der Waals surface area contributed by atoms with Crippen molar-refractivity contribution in [3.05, 3.63) is 34.3 Å². The van der Waals surface area contributed by atoms with Gasteiger partial charge in [-0.05, 0) is 11.6 Å². The van der Waals surface area contributed by atoms with Gasteiger partial charge in [0.05, 0.1) is 6.54 Å². The summed E-state index contributed by atoms with van der Waals surface area (Å²) in [4.78, 5) is 6.79. The third-order valence-electron chi connectivity index (χ3n) is 2.57. The molecule has 0 saturated carbocycles. The van der Waals surface area contributed by atoms with Crippen LogP contribution in [0.1, 0.15) is 5.56 Å². The van der Waals surface area contributed by atoms with Crippen molar-refractivity contribution in [2.45, 2.75) is 11.8 Å². The number of hydrogen-bond acceptors (Lipinski definition) is 3. The summed E-state index contributed by atoms with van der Waals surface area (Å²) < 4.78 is 1.16. The van der Waals surface area contributed by atoms with E-state index in [0.29, 0.717) is 5.25 Å². The van der Waals surface area contributed by atoms with Crippen LogP contribution in [0.25, 0.3) is 0 Å². The lowest BCUT2D eigenvalue weighted by Crippen LogP contribution is -2.23. The SMILES string of the molecule is CN(Cc1ccccc1Br)C1=NCC(CBr)S1. The van der Waals surface area contributed by atoms with Crippen molar-refractivity contribution in [2.24, 2.45) is 4.99 Å². The lowest BCUT2D eigenvalue weighted by molar-refractivity contribution is 0.509. The highest BCUT2D eigenvalue weighted by Gasteiger charge is 2.21. The molecule has 1 heterocycles. The van der Waals surface area contributed by atoms with Crippen molar-refractivity contribution in [3.63, 3.8) is 0 Å². The molecule has 1 atom stereocenters. The van der Waals surface area contributed by atoms with E-state index in [1.807, 2.05) is 17.8 Å². The van der Waals surface area contributed by atoms with Crippen molar-refractivity contribution < 1.29 is 0 Å². The normalized spacial score (nSPS) is 19.2. The van der Waals surface area contributed by atoms with Crippen molar-refractivity contribution in [1.29, 1.82) is 0 Å². The third-order valence-corrected chi connectivity index (χ3v) is 5.85. The molecular formula is C12H14Br2N2S. The lowest BCUT2D eigenvalue weighted by atomic mass is 10.2. The molecule has 0 spiro atoms. The second-order valence-corrected chi connectivity index (χ2v) is 6.73. The van der Waals surface area contributed by atoms with Gasteiger partial charge in [-0.1, -0.05) is 61.8 Å². The highest BCUT2D eigenvalue weighted by atomic mass is 79.9. The molecule has 5 heteroatoms. The number of nitrogens with zero attached hydrogens (tertiary/aromatic N) is 2. The molecule has 1 aromatic carbocycles. The predicted molar refractivity (Wildman–Crippen MR) is 83.1 cm³/mol. The molecule has 0 bridgehead atoms. The molecule has 2 rings (SSSR count). The summed E-state index contributed by atoms with van der Waals surface area (Å²) >= 11 is 8.95. The van der Waals surface area contributed by atoms with Crippen LogP contribution < -0.4 is 0 Å². The van der Waals surface area contributed by atoms with Crippen LogP contribution in [0.4, 0.5) is 0 Å². The maximum Gasteiger partial charge on any atom is 0.159 e. The number of thioether (sulfide) groups is 1. The standard InChI is InChI=1S/C12H14Br2N2S/c1-16(12-15-7-10(6-13)17-12)8-9-4-2-3-5-11(9)14/h2-5,10H,6-8H2,1H3. The molecule has 0 aliphatic carbocycles. The van der Waals surface area contributed by atoms with Gasteiger partial charge in [0, 0.05) is 28.6 Å². The highest BCUT2D eigenvalue weighted by Crippen LogP contribution is 2.26. The first-order valence-electron chi connectivity index (χ1n) is 5.42. The van der Waals surface area contributed by atoms with Crippen molar-refractivity contribution in [3.8, 4) is 0 Å². The second-order valence-electron chi connectivity index (χ2n) is 3.96. The van der Waals surface area contributed by atoms with Crippen molar-refractivity contribution in [1.82, 2.24) is 4.90 Å². The van der Waals surface area contributed by atoms with Gasteiger partial charge in [-0.15, -0.1) is 0 Å². The molecule has 1 aliphatic rings. The number of alkyl halides is 1. The molecule has 1 aromatic rings. The zero-order valence-electron chi connectivity index (χ0n) is 9.57. The maximum atomic E-state index is 4.57. The summed E-state index contributed by atoms with van der Waals surface area (Å²) in [7, 11) is 2.10. The Kier molecular flexibility index (Phi) is 4.94. The molecule has 0 aromatic heterocycles.